The molecule has 22 heavy (non-hydrogen) atoms. The van der Waals surface area contributed by atoms with Crippen LogP contribution in [0.15, 0.2) is 53.6 Å². The van der Waals surface area contributed by atoms with Crippen molar-refractivity contribution in [2.75, 3.05) is 0 Å². The summed E-state index contributed by atoms with van der Waals surface area (Å²) in [5.74, 6) is 0.402. The number of hydrogen-bond donors (Lipinski definition) is 1. The maximum Gasteiger partial charge on any atom is 0.271 e. The number of para-hydroxylation sites is 1. The van der Waals surface area contributed by atoms with E-state index in [1.807, 2.05) is 38.1 Å². The van der Waals surface area contributed by atoms with Crippen LogP contribution in [0.25, 0.3) is 0 Å². The third-order valence-corrected chi connectivity index (χ3v) is 2.97. The molecule has 0 radical (unpaired) electrons. The molecule has 1 amide bonds. The van der Waals surface area contributed by atoms with Crippen LogP contribution in [0, 0.1) is 0 Å². The first-order valence-electron chi connectivity index (χ1n) is 6.91. The Bertz CT molecular complexity index is 684. The van der Waals surface area contributed by atoms with E-state index in [2.05, 4.69) is 10.5 Å². The van der Waals surface area contributed by atoms with Crippen LogP contribution in [-0.2, 0) is 0 Å². The number of halogens is 1. The minimum Gasteiger partial charge on any atom is -0.490 e. The SMILES string of the molecule is CC(C)Oc1ccccc1/C=N\NC(=O)c1cccc(Cl)c1. The lowest BCUT2D eigenvalue weighted by molar-refractivity contribution is 0.0955. The number of hydrazone groups is 1. The highest BCUT2D eigenvalue weighted by atomic mass is 35.5. The number of carbonyl (C=O) groups is 1. The Morgan fingerprint density at radius 2 is 2.00 bits per heavy atom. The summed E-state index contributed by atoms with van der Waals surface area (Å²) >= 11 is 5.85. The molecule has 114 valence electrons. The number of amides is 1. The summed E-state index contributed by atoms with van der Waals surface area (Å²) < 4.78 is 5.68. The van der Waals surface area contributed by atoms with Crippen molar-refractivity contribution in [3.8, 4) is 5.75 Å². The molecular formula is C17H17ClN2O2. The fraction of sp³-hybridized carbons (Fsp3) is 0.176. The molecule has 1 N–H and O–H groups in total. The smallest absolute Gasteiger partial charge is 0.271 e. The molecule has 0 unspecified atom stereocenters. The first kappa shape index (κ1) is 16.0. The number of nitrogens with zero attached hydrogens (tertiary/aromatic N) is 1. The van der Waals surface area contributed by atoms with Gasteiger partial charge in [0.1, 0.15) is 5.75 Å². The second-order valence-corrected chi connectivity index (χ2v) is 5.35. The second kappa shape index (κ2) is 7.61. The monoisotopic (exact) mass is 316 g/mol. The van der Waals surface area contributed by atoms with Crippen molar-refractivity contribution in [1.29, 1.82) is 0 Å². The van der Waals surface area contributed by atoms with Gasteiger partial charge in [0.15, 0.2) is 0 Å². The van der Waals surface area contributed by atoms with Crippen molar-refractivity contribution < 1.29 is 9.53 Å². The fourth-order valence-electron chi connectivity index (χ4n) is 1.80. The quantitative estimate of drug-likeness (QED) is 0.672. The highest BCUT2D eigenvalue weighted by Crippen LogP contribution is 2.17. The summed E-state index contributed by atoms with van der Waals surface area (Å²) in [4.78, 5) is 11.9. The summed E-state index contributed by atoms with van der Waals surface area (Å²) in [7, 11) is 0. The molecule has 4 nitrogen and oxygen atoms in total. The van der Waals surface area contributed by atoms with E-state index in [0.717, 1.165) is 11.3 Å². The largest absolute Gasteiger partial charge is 0.490 e. The third kappa shape index (κ3) is 4.60. The molecule has 0 aromatic heterocycles. The zero-order valence-electron chi connectivity index (χ0n) is 12.4. The summed E-state index contributed by atoms with van der Waals surface area (Å²) in [6.07, 6.45) is 1.62. The topological polar surface area (TPSA) is 50.7 Å². The molecule has 0 aliphatic heterocycles. The Labute approximate surface area is 134 Å². The first-order chi connectivity index (χ1) is 10.6. The number of benzene rings is 2. The highest BCUT2D eigenvalue weighted by molar-refractivity contribution is 6.30. The van der Waals surface area contributed by atoms with Gasteiger partial charge in [-0.3, -0.25) is 4.79 Å². The van der Waals surface area contributed by atoms with Gasteiger partial charge in [-0.1, -0.05) is 29.8 Å². The minimum absolute atomic E-state index is 0.0654. The van der Waals surface area contributed by atoms with Gasteiger partial charge in [-0.25, -0.2) is 5.43 Å². The predicted molar refractivity (Wildman–Crippen MR) is 88.7 cm³/mol. The molecule has 0 saturated heterocycles. The van der Waals surface area contributed by atoms with Gasteiger partial charge in [-0.15, -0.1) is 0 Å². The zero-order valence-corrected chi connectivity index (χ0v) is 13.2. The molecular weight excluding hydrogens is 300 g/mol. The minimum atomic E-state index is -0.319. The van der Waals surface area contributed by atoms with Gasteiger partial charge < -0.3 is 4.74 Å². The number of rotatable bonds is 5. The maximum atomic E-state index is 11.9. The molecule has 2 rings (SSSR count). The van der Waals surface area contributed by atoms with Crippen molar-refractivity contribution in [3.05, 3.63) is 64.7 Å². The van der Waals surface area contributed by atoms with Crippen LogP contribution in [-0.4, -0.2) is 18.2 Å². The number of carbonyl (C=O) groups excluding carboxylic acids is 1. The van der Waals surface area contributed by atoms with Gasteiger partial charge in [-0.2, -0.15) is 5.10 Å². The molecule has 0 saturated carbocycles. The molecule has 0 fully saturated rings. The van der Waals surface area contributed by atoms with E-state index in [-0.39, 0.29) is 12.0 Å². The van der Waals surface area contributed by atoms with E-state index >= 15 is 0 Å². The van der Waals surface area contributed by atoms with E-state index in [9.17, 15) is 4.79 Å². The highest BCUT2D eigenvalue weighted by Gasteiger charge is 2.05. The lowest BCUT2D eigenvalue weighted by Gasteiger charge is -2.11. The van der Waals surface area contributed by atoms with E-state index in [0.29, 0.717) is 10.6 Å². The molecule has 0 aliphatic rings. The van der Waals surface area contributed by atoms with E-state index < -0.39 is 0 Å². The van der Waals surface area contributed by atoms with Gasteiger partial charge >= 0.3 is 0 Å². The van der Waals surface area contributed by atoms with Crippen LogP contribution in [0.2, 0.25) is 5.02 Å². The lowest BCUT2D eigenvalue weighted by Crippen LogP contribution is -2.17. The van der Waals surface area contributed by atoms with Crippen LogP contribution in [0.5, 0.6) is 5.75 Å². The molecule has 2 aromatic rings. The third-order valence-electron chi connectivity index (χ3n) is 2.74. The van der Waals surface area contributed by atoms with Gasteiger partial charge in [0.2, 0.25) is 0 Å². The Hall–Kier alpha value is -2.33. The lowest BCUT2D eigenvalue weighted by atomic mass is 10.2. The van der Waals surface area contributed by atoms with E-state index in [1.54, 1.807) is 30.5 Å². The fourth-order valence-corrected chi connectivity index (χ4v) is 1.99. The van der Waals surface area contributed by atoms with Gasteiger partial charge in [0, 0.05) is 16.1 Å². The number of hydrogen-bond acceptors (Lipinski definition) is 3. The predicted octanol–water partition coefficient (Wildman–Crippen LogP) is 3.89. The molecule has 0 atom stereocenters. The Balaban J connectivity index is 2.05. The van der Waals surface area contributed by atoms with Gasteiger partial charge in [-0.05, 0) is 44.2 Å². The Morgan fingerprint density at radius 1 is 1.23 bits per heavy atom. The van der Waals surface area contributed by atoms with Crippen LogP contribution in [0.3, 0.4) is 0 Å². The van der Waals surface area contributed by atoms with Crippen LogP contribution < -0.4 is 10.2 Å². The van der Waals surface area contributed by atoms with Crippen molar-refractivity contribution in [2.45, 2.75) is 20.0 Å². The number of ether oxygens (including phenoxy) is 1. The molecule has 0 heterocycles. The van der Waals surface area contributed by atoms with Crippen LogP contribution >= 0.6 is 11.6 Å². The second-order valence-electron chi connectivity index (χ2n) is 4.91. The molecule has 0 bridgehead atoms. The first-order valence-corrected chi connectivity index (χ1v) is 7.28. The molecule has 2 aromatic carbocycles. The van der Waals surface area contributed by atoms with E-state index in [1.165, 1.54) is 0 Å². The summed E-state index contributed by atoms with van der Waals surface area (Å²) in [5.41, 5.74) is 3.72. The van der Waals surface area contributed by atoms with Gasteiger partial charge in [0.25, 0.3) is 5.91 Å². The molecule has 0 aliphatic carbocycles. The zero-order chi connectivity index (χ0) is 15.9. The Morgan fingerprint density at radius 3 is 2.73 bits per heavy atom. The van der Waals surface area contributed by atoms with Crippen molar-refractivity contribution in [1.82, 2.24) is 5.43 Å². The van der Waals surface area contributed by atoms with Crippen molar-refractivity contribution in [2.24, 2.45) is 5.10 Å². The van der Waals surface area contributed by atoms with E-state index in [4.69, 9.17) is 16.3 Å². The van der Waals surface area contributed by atoms with Crippen molar-refractivity contribution >= 4 is 23.7 Å². The number of nitrogens with one attached hydrogen (secondary N) is 1. The summed E-state index contributed by atoms with van der Waals surface area (Å²) in [6.45, 7) is 3.91. The standard InChI is InChI=1S/C17H17ClN2O2/c1-12(2)22-16-9-4-3-6-14(16)11-19-20-17(21)13-7-5-8-15(18)10-13/h3-12H,1-2H3,(H,20,21)/b19-11-. The summed E-state index contributed by atoms with van der Waals surface area (Å²) in [5, 5.41) is 4.47. The molecule has 5 heteroatoms. The maximum absolute atomic E-state index is 11.9. The molecule has 0 spiro atoms. The Kier molecular flexibility index (Phi) is 5.55. The average molecular weight is 317 g/mol. The van der Waals surface area contributed by atoms with Crippen LogP contribution in [0.1, 0.15) is 29.8 Å². The average Bonchev–Trinajstić information content (AvgIpc) is 2.48. The van der Waals surface area contributed by atoms with Crippen molar-refractivity contribution in [3.63, 3.8) is 0 Å². The summed E-state index contributed by atoms with van der Waals surface area (Å²) in [6, 6.07) is 14.2. The van der Waals surface area contributed by atoms with Crippen LogP contribution in [0.4, 0.5) is 0 Å². The van der Waals surface area contributed by atoms with Gasteiger partial charge in [0.05, 0.1) is 12.3 Å². The normalized spacial score (nSPS) is 10.9.